The second-order valence-corrected chi connectivity index (χ2v) is 4.93. The van der Waals surface area contributed by atoms with Crippen molar-refractivity contribution in [1.82, 2.24) is 5.32 Å². The van der Waals surface area contributed by atoms with Crippen molar-refractivity contribution in [2.45, 2.75) is 46.6 Å². The van der Waals surface area contributed by atoms with Crippen molar-refractivity contribution in [3.63, 3.8) is 0 Å². The third-order valence-corrected chi connectivity index (χ3v) is 3.08. The molecular weight excluding hydrogens is 242 g/mol. The molecule has 0 saturated carbocycles. The predicted octanol–water partition coefficient (Wildman–Crippen LogP) is 2.59. The van der Waals surface area contributed by atoms with Crippen LogP contribution in [-0.2, 0) is 4.79 Å². The highest BCUT2D eigenvalue weighted by Gasteiger charge is 2.21. The molecule has 1 unspecified atom stereocenters. The molecule has 0 fully saturated rings. The van der Waals surface area contributed by atoms with Crippen LogP contribution < -0.4 is 5.32 Å². The summed E-state index contributed by atoms with van der Waals surface area (Å²) in [5.74, 6) is -1.30. The number of rotatable bonds is 5. The van der Waals surface area contributed by atoms with E-state index in [0.29, 0.717) is 18.4 Å². The number of aliphatic carboxylic acids is 1. The van der Waals surface area contributed by atoms with E-state index in [1.807, 2.05) is 39.8 Å². The Labute approximate surface area is 113 Å². The molecule has 1 amide bonds. The molecule has 0 aliphatic carbocycles. The van der Waals surface area contributed by atoms with Gasteiger partial charge in [-0.3, -0.25) is 4.79 Å². The number of hydrogen-bond donors (Lipinski definition) is 2. The molecule has 1 atom stereocenters. The van der Waals surface area contributed by atoms with Gasteiger partial charge in [0.1, 0.15) is 6.04 Å². The first kappa shape index (κ1) is 15.2. The van der Waals surface area contributed by atoms with E-state index >= 15 is 0 Å². The van der Waals surface area contributed by atoms with Crippen molar-refractivity contribution in [2.75, 3.05) is 0 Å². The van der Waals surface area contributed by atoms with Gasteiger partial charge in [0.25, 0.3) is 5.91 Å². The van der Waals surface area contributed by atoms with Gasteiger partial charge in [0.2, 0.25) is 0 Å². The molecule has 2 N–H and O–H groups in total. The molecule has 104 valence electrons. The van der Waals surface area contributed by atoms with Crippen molar-refractivity contribution in [3.8, 4) is 0 Å². The molecule has 0 spiro atoms. The zero-order valence-corrected chi connectivity index (χ0v) is 11.9. The maximum atomic E-state index is 12.2. The van der Waals surface area contributed by atoms with Crippen LogP contribution in [0.2, 0.25) is 0 Å². The fourth-order valence-corrected chi connectivity index (χ4v) is 2.31. The van der Waals surface area contributed by atoms with Crippen molar-refractivity contribution in [3.05, 3.63) is 34.4 Å². The number of aryl methyl sites for hydroxylation is 3. The van der Waals surface area contributed by atoms with Crippen molar-refractivity contribution < 1.29 is 14.7 Å². The van der Waals surface area contributed by atoms with Gasteiger partial charge in [-0.2, -0.15) is 0 Å². The summed E-state index contributed by atoms with van der Waals surface area (Å²) < 4.78 is 0. The lowest BCUT2D eigenvalue weighted by molar-refractivity contribution is -0.139. The van der Waals surface area contributed by atoms with Crippen LogP contribution in [0.4, 0.5) is 0 Å². The smallest absolute Gasteiger partial charge is 0.326 e. The topological polar surface area (TPSA) is 66.4 Å². The van der Waals surface area contributed by atoms with E-state index in [4.69, 9.17) is 5.11 Å². The predicted molar refractivity (Wildman–Crippen MR) is 74.5 cm³/mol. The van der Waals surface area contributed by atoms with Gasteiger partial charge in [-0.05, 0) is 38.3 Å². The zero-order valence-electron chi connectivity index (χ0n) is 11.9. The van der Waals surface area contributed by atoms with E-state index in [-0.39, 0.29) is 5.91 Å². The van der Waals surface area contributed by atoms with E-state index in [9.17, 15) is 9.59 Å². The Balaban J connectivity index is 2.98. The highest BCUT2D eigenvalue weighted by Crippen LogP contribution is 2.16. The van der Waals surface area contributed by atoms with Crippen molar-refractivity contribution in [1.29, 1.82) is 0 Å². The summed E-state index contributed by atoms with van der Waals surface area (Å²) >= 11 is 0. The van der Waals surface area contributed by atoms with Gasteiger partial charge >= 0.3 is 5.97 Å². The molecule has 1 aromatic rings. The quantitative estimate of drug-likeness (QED) is 0.858. The first-order chi connectivity index (χ1) is 8.86. The third-order valence-electron chi connectivity index (χ3n) is 3.08. The molecule has 0 heterocycles. The van der Waals surface area contributed by atoms with Crippen LogP contribution in [0.3, 0.4) is 0 Å². The van der Waals surface area contributed by atoms with E-state index in [0.717, 1.165) is 16.7 Å². The number of carboxylic acids is 1. The standard InChI is InChI=1S/C15H21NO3/c1-5-6-12(15(18)19)16-14(17)13-10(3)7-9(2)8-11(13)4/h7-8,12H,5-6H2,1-4H3,(H,16,17)(H,18,19). The normalized spacial score (nSPS) is 12.0. The van der Waals surface area contributed by atoms with E-state index in [2.05, 4.69) is 5.32 Å². The Morgan fingerprint density at radius 1 is 1.21 bits per heavy atom. The molecular formula is C15H21NO3. The van der Waals surface area contributed by atoms with Gasteiger partial charge in [0, 0.05) is 5.56 Å². The van der Waals surface area contributed by atoms with E-state index in [1.54, 1.807) is 0 Å². The average Bonchev–Trinajstić information content (AvgIpc) is 2.26. The monoisotopic (exact) mass is 263 g/mol. The highest BCUT2D eigenvalue weighted by atomic mass is 16.4. The number of hydrogen-bond acceptors (Lipinski definition) is 2. The van der Waals surface area contributed by atoms with Crippen LogP contribution in [0.1, 0.15) is 46.8 Å². The highest BCUT2D eigenvalue weighted by molar-refractivity contribution is 5.99. The summed E-state index contributed by atoms with van der Waals surface area (Å²) in [6, 6.07) is 3.03. The van der Waals surface area contributed by atoms with Crippen molar-refractivity contribution in [2.24, 2.45) is 0 Å². The molecule has 0 bridgehead atoms. The van der Waals surface area contributed by atoms with Gasteiger partial charge in [-0.1, -0.05) is 31.0 Å². The molecule has 19 heavy (non-hydrogen) atoms. The summed E-state index contributed by atoms with van der Waals surface area (Å²) in [6.45, 7) is 7.60. The number of amides is 1. The number of nitrogens with one attached hydrogen (secondary N) is 1. The van der Waals surface area contributed by atoms with E-state index < -0.39 is 12.0 Å². The van der Waals surface area contributed by atoms with Crippen LogP contribution in [0, 0.1) is 20.8 Å². The summed E-state index contributed by atoms with van der Waals surface area (Å²) in [6.07, 6.45) is 1.15. The fraction of sp³-hybridized carbons (Fsp3) is 0.467. The summed E-state index contributed by atoms with van der Waals surface area (Å²) in [5.41, 5.74) is 3.41. The zero-order chi connectivity index (χ0) is 14.6. The molecule has 1 rings (SSSR count). The van der Waals surface area contributed by atoms with Crippen LogP contribution in [0.5, 0.6) is 0 Å². The maximum Gasteiger partial charge on any atom is 0.326 e. The SMILES string of the molecule is CCCC(NC(=O)c1c(C)cc(C)cc1C)C(=O)O. The number of carboxylic acid groups (broad SMARTS) is 1. The maximum absolute atomic E-state index is 12.2. The number of carbonyl (C=O) groups excluding carboxylic acids is 1. The molecule has 0 aliphatic rings. The Morgan fingerprint density at radius 2 is 1.74 bits per heavy atom. The Bertz CT molecular complexity index is 471. The Hall–Kier alpha value is -1.84. The van der Waals surface area contributed by atoms with E-state index in [1.165, 1.54) is 0 Å². The van der Waals surface area contributed by atoms with Gasteiger partial charge in [-0.25, -0.2) is 4.79 Å². The van der Waals surface area contributed by atoms with Gasteiger partial charge in [0.05, 0.1) is 0 Å². The Kier molecular flexibility index (Phi) is 5.10. The average molecular weight is 263 g/mol. The van der Waals surface area contributed by atoms with Crippen LogP contribution >= 0.6 is 0 Å². The molecule has 0 aromatic heterocycles. The molecule has 0 radical (unpaired) electrons. The molecule has 0 saturated heterocycles. The third kappa shape index (κ3) is 3.81. The second kappa shape index (κ2) is 6.36. The molecule has 4 heteroatoms. The van der Waals surface area contributed by atoms with Gasteiger partial charge < -0.3 is 10.4 Å². The minimum Gasteiger partial charge on any atom is -0.480 e. The number of benzene rings is 1. The minimum atomic E-state index is -0.988. The Morgan fingerprint density at radius 3 is 2.16 bits per heavy atom. The van der Waals surface area contributed by atoms with Gasteiger partial charge in [0.15, 0.2) is 0 Å². The van der Waals surface area contributed by atoms with Crippen LogP contribution in [0.25, 0.3) is 0 Å². The summed E-state index contributed by atoms with van der Waals surface area (Å²) in [7, 11) is 0. The summed E-state index contributed by atoms with van der Waals surface area (Å²) in [5, 5.41) is 11.7. The first-order valence-electron chi connectivity index (χ1n) is 6.48. The molecule has 0 aliphatic heterocycles. The second-order valence-electron chi connectivity index (χ2n) is 4.93. The minimum absolute atomic E-state index is 0.309. The first-order valence-corrected chi connectivity index (χ1v) is 6.48. The fourth-order valence-electron chi connectivity index (χ4n) is 2.31. The van der Waals surface area contributed by atoms with Crippen LogP contribution in [-0.4, -0.2) is 23.0 Å². The lowest BCUT2D eigenvalue weighted by Crippen LogP contribution is -2.41. The van der Waals surface area contributed by atoms with Crippen molar-refractivity contribution >= 4 is 11.9 Å². The lowest BCUT2D eigenvalue weighted by Gasteiger charge is -2.16. The van der Waals surface area contributed by atoms with Gasteiger partial charge in [-0.15, -0.1) is 0 Å². The number of carbonyl (C=O) groups is 2. The molecule has 1 aromatic carbocycles. The summed E-state index contributed by atoms with van der Waals surface area (Å²) in [4.78, 5) is 23.3. The van der Waals surface area contributed by atoms with Crippen LogP contribution in [0.15, 0.2) is 12.1 Å². The lowest BCUT2D eigenvalue weighted by atomic mass is 9.98. The largest absolute Gasteiger partial charge is 0.480 e. The molecule has 4 nitrogen and oxygen atoms in total.